The van der Waals surface area contributed by atoms with Crippen molar-refractivity contribution in [3.05, 3.63) is 41.3 Å². The van der Waals surface area contributed by atoms with E-state index < -0.39 is 0 Å². The normalized spacial score (nSPS) is 21.9. The quantitative estimate of drug-likeness (QED) is 0.733. The van der Waals surface area contributed by atoms with Crippen LogP contribution in [0.15, 0.2) is 24.4 Å². The Labute approximate surface area is 185 Å². The second-order valence-corrected chi connectivity index (χ2v) is 8.39. The van der Waals surface area contributed by atoms with Crippen LogP contribution in [0.3, 0.4) is 0 Å². The van der Waals surface area contributed by atoms with Gasteiger partial charge in [-0.2, -0.15) is 5.10 Å². The molecule has 2 fully saturated rings. The number of pyridine rings is 1. The maximum absolute atomic E-state index is 12.3. The highest BCUT2D eigenvalue weighted by Gasteiger charge is 2.25. The van der Waals surface area contributed by atoms with E-state index in [0.29, 0.717) is 5.92 Å². The monoisotopic (exact) mass is 432 g/mol. The molecule has 2 aromatic rings. The molecule has 0 aliphatic carbocycles. The highest BCUT2D eigenvalue weighted by Crippen LogP contribution is 2.22. The topological polar surface area (TPSA) is 75.1 Å². The van der Waals surface area contributed by atoms with Gasteiger partial charge in [-0.15, -0.1) is 12.4 Å². The Morgan fingerprint density at radius 2 is 2.13 bits per heavy atom. The Morgan fingerprint density at radius 1 is 1.27 bits per heavy atom. The third-order valence-electron chi connectivity index (χ3n) is 6.23. The number of carbonyl (C=O) groups is 1. The lowest BCUT2D eigenvalue weighted by Crippen LogP contribution is -2.45. The second-order valence-electron chi connectivity index (χ2n) is 8.39. The SMILES string of the molecule is Cc1nn(-c2ccccn2)c(C)c1CN1CCCC(CNC(=O)C2CCCN2)C1.Cl. The van der Waals surface area contributed by atoms with Gasteiger partial charge < -0.3 is 10.6 Å². The number of carbonyl (C=O) groups excluding carboxylic acids is 1. The lowest BCUT2D eigenvalue weighted by Gasteiger charge is -2.33. The number of hydrogen-bond donors (Lipinski definition) is 2. The van der Waals surface area contributed by atoms with Crippen molar-refractivity contribution in [2.24, 2.45) is 5.92 Å². The molecule has 1 amide bonds. The summed E-state index contributed by atoms with van der Waals surface area (Å²) in [5.41, 5.74) is 3.51. The Morgan fingerprint density at radius 3 is 2.87 bits per heavy atom. The molecule has 2 saturated heterocycles. The van der Waals surface area contributed by atoms with Crippen molar-refractivity contribution in [3.8, 4) is 5.82 Å². The van der Waals surface area contributed by atoms with Gasteiger partial charge in [0.05, 0.1) is 11.7 Å². The van der Waals surface area contributed by atoms with Gasteiger partial charge in [-0.05, 0) is 70.7 Å². The number of likely N-dealkylation sites (tertiary alicyclic amines) is 1. The fraction of sp³-hybridized carbons (Fsp3) is 0.591. The Kier molecular flexibility index (Phi) is 7.86. The maximum atomic E-state index is 12.3. The summed E-state index contributed by atoms with van der Waals surface area (Å²) in [5, 5.41) is 11.2. The molecule has 2 aliphatic rings. The van der Waals surface area contributed by atoms with E-state index in [2.05, 4.69) is 34.4 Å². The number of rotatable bonds is 6. The van der Waals surface area contributed by atoms with Gasteiger partial charge in [0.2, 0.25) is 5.91 Å². The molecule has 2 atom stereocenters. The number of piperidine rings is 1. The average Bonchev–Trinajstić information content (AvgIpc) is 3.38. The van der Waals surface area contributed by atoms with Gasteiger partial charge in [0, 0.05) is 37.1 Å². The number of nitrogens with zero attached hydrogens (tertiary/aromatic N) is 4. The number of aromatic nitrogens is 3. The standard InChI is InChI=1S/C22H32N6O.ClH/c1-16-19(17(2)28(26-16)21-9-3-4-10-24-21)15-27-12-6-7-18(14-27)13-25-22(29)20-8-5-11-23-20;/h3-4,9-10,18,20,23H,5-8,11-15H2,1-2H3,(H,25,29);1H. The predicted molar refractivity (Wildman–Crippen MR) is 120 cm³/mol. The fourth-order valence-corrected chi connectivity index (χ4v) is 4.57. The molecule has 30 heavy (non-hydrogen) atoms. The van der Waals surface area contributed by atoms with Crippen LogP contribution in [-0.2, 0) is 11.3 Å². The first-order valence-corrected chi connectivity index (χ1v) is 10.8. The van der Waals surface area contributed by atoms with Crippen LogP contribution in [0.1, 0.15) is 42.6 Å². The summed E-state index contributed by atoms with van der Waals surface area (Å²) in [5.74, 6) is 1.54. The van der Waals surface area contributed by atoms with E-state index in [1.54, 1.807) is 6.20 Å². The van der Waals surface area contributed by atoms with Crippen molar-refractivity contribution in [1.82, 2.24) is 30.3 Å². The predicted octanol–water partition coefficient (Wildman–Crippen LogP) is 2.39. The van der Waals surface area contributed by atoms with Crippen molar-refractivity contribution in [1.29, 1.82) is 0 Å². The largest absolute Gasteiger partial charge is 0.354 e. The number of hydrogen-bond acceptors (Lipinski definition) is 5. The highest BCUT2D eigenvalue weighted by atomic mass is 35.5. The summed E-state index contributed by atoms with van der Waals surface area (Å²) >= 11 is 0. The molecular formula is C22H33ClN6O. The number of amides is 1. The van der Waals surface area contributed by atoms with Crippen LogP contribution in [0.4, 0.5) is 0 Å². The van der Waals surface area contributed by atoms with Gasteiger partial charge in [-0.25, -0.2) is 9.67 Å². The second kappa shape index (κ2) is 10.4. The van der Waals surface area contributed by atoms with Crippen LogP contribution >= 0.6 is 12.4 Å². The van der Waals surface area contributed by atoms with E-state index in [1.165, 1.54) is 18.4 Å². The smallest absolute Gasteiger partial charge is 0.237 e. The lowest BCUT2D eigenvalue weighted by molar-refractivity contribution is -0.123. The van der Waals surface area contributed by atoms with E-state index in [1.807, 2.05) is 22.9 Å². The van der Waals surface area contributed by atoms with E-state index in [0.717, 1.165) is 62.8 Å². The molecule has 2 unspecified atom stereocenters. The molecule has 4 rings (SSSR count). The zero-order valence-electron chi connectivity index (χ0n) is 17.9. The van der Waals surface area contributed by atoms with Crippen molar-refractivity contribution >= 4 is 18.3 Å². The number of halogens is 1. The molecule has 2 N–H and O–H groups in total. The molecule has 8 heteroatoms. The van der Waals surface area contributed by atoms with Gasteiger partial charge >= 0.3 is 0 Å². The molecule has 4 heterocycles. The van der Waals surface area contributed by atoms with Gasteiger partial charge in [0.25, 0.3) is 0 Å². The van der Waals surface area contributed by atoms with Crippen molar-refractivity contribution in [2.75, 3.05) is 26.2 Å². The number of nitrogens with one attached hydrogen (secondary N) is 2. The van der Waals surface area contributed by atoms with E-state index in [-0.39, 0.29) is 24.4 Å². The summed E-state index contributed by atoms with van der Waals surface area (Å²) in [6.07, 6.45) is 6.21. The van der Waals surface area contributed by atoms with Gasteiger partial charge in [0.15, 0.2) is 5.82 Å². The van der Waals surface area contributed by atoms with Gasteiger partial charge in [0.1, 0.15) is 0 Å². The van der Waals surface area contributed by atoms with Gasteiger partial charge in [-0.3, -0.25) is 9.69 Å². The maximum Gasteiger partial charge on any atom is 0.237 e. The average molecular weight is 433 g/mol. The molecule has 7 nitrogen and oxygen atoms in total. The first kappa shape index (κ1) is 22.7. The van der Waals surface area contributed by atoms with Crippen LogP contribution in [0.5, 0.6) is 0 Å². The zero-order chi connectivity index (χ0) is 20.2. The summed E-state index contributed by atoms with van der Waals surface area (Å²) in [6.45, 7) is 8.96. The molecule has 0 spiro atoms. The minimum atomic E-state index is 0. The third-order valence-corrected chi connectivity index (χ3v) is 6.23. The van der Waals surface area contributed by atoms with Crippen molar-refractivity contribution in [3.63, 3.8) is 0 Å². The van der Waals surface area contributed by atoms with E-state index in [9.17, 15) is 4.79 Å². The van der Waals surface area contributed by atoms with Crippen LogP contribution < -0.4 is 10.6 Å². The number of aryl methyl sites for hydroxylation is 1. The van der Waals surface area contributed by atoms with E-state index in [4.69, 9.17) is 5.10 Å². The van der Waals surface area contributed by atoms with Crippen molar-refractivity contribution < 1.29 is 4.79 Å². The van der Waals surface area contributed by atoms with Crippen molar-refractivity contribution in [2.45, 2.75) is 52.1 Å². The molecule has 0 aromatic carbocycles. The van der Waals surface area contributed by atoms with Crippen LogP contribution in [0.25, 0.3) is 5.82 Å². The first-order valence-electron chi connectivity index (χ1n) is 10.8. The highest BCUT2D eigenvalue weighted by molar-refractivity contribution is 5.85. The molecule has 0 radical (unpaired) electrons. The minimum absolute atomic E-state index is 0. The zero-order valence-corrected chi connectivity index (χ0v) is 18.7. The molecule has 0 saturated carbocycles. The molecule has 2 aromatic heterocycles. The Hall–Kier alpha value is -1.96. The summed E-state index contributed by atoms with van der Waals surface area (Å²) in [4.78, 5) is 19.2. The summed E-state index contributed by atoms with van der Waals surface area (Å²) < 4.78 is 1.95. The van der Waals surface area contributed by atoms with Crippen LogP contribution in [0.2, 0.25) is 0 Å². The Bertz CT molecular complexity index is 834. The molecule has 2 aliphatic heterocycles. The van der Waals surface area contributed by atoms with E-state index >= 15 is 0 Å². The molecule has 164 valence electrons. The Balaban J connectivity index is 0.00000256. The molecule has 0 bridgehead atoms. The summed E-state index contributed by atoms with van der Waals surface area (Å²) in [6, 6.07) is 5.91. The third kappa shape index (κ3) is 5.20. The van der Waals surface area contributed by atoms with Gasteiger partial charge in [-0.1, -0.05) is 6.07 Å². The minimum Gasteiger partial charge on any atom is -0.354 e. The van der Waals surface area contributed by atoms with Crippen LogP contribution in [-0.4, -0.2) is 57.8 Å². The molecular weight excluding hydrogens is 400 g/mol. The lowest BCUT2D eigenvalue weighted by atomic mass is 9.97. The van der Waals surface area contributed by atoms with Crippen LogP contribution in [0, 0.1) is 19.8 Å². The first-order chi connectivity index (χ1) is 14.1. The fourth-order valence-electron chi connectivity index (χ4n) is 4.57. The summed E-state index contributed by atoms with van der Waals surface area (Å²) in [7, 11) is 0.